The summed E-state index contributed by atoms with van der Waals surface area (Å²) in [5, 5.41) is 12.9. The van der Waals surface area contributed by atoms with Gasteiger partial charge in [0.15, 0.2) is 16.6 Å². The van der Waals surface area contributed by atoms with E-state index >= 15 is 0 Å². The number of carbonyl (C=O) groups is 3. The van der Waals surface area contributed by atoms with E-state index in [0.717, 1.165) is 15.5 Å². The first-order chi connectivity index (χ1) is 21.9. The van der Waals surface area contributed by atoms with Crippen molar-refractivity contribution < 1.29 is 23.9 Å². The zero-order chi connectivity index (χ0) is 31.6. The Hall–Kier alpha value is -4.91. The Morgan fingerprint density at radius 2 is 1.71 bits per heavy atom. The Kier molecular flexibility index (Phi) is 10.6. The van der Waals surface area contributed by atoms with Crippen molar-refractivity contribution in [1.82, 2.24) is 10.3 Å². The summed E-state index contributed by atoms with van der Waals surface area (Å²) in [6.45, 7) is 0. The van der Waals surface area contributed by atoms with E-state index < -0.39 is 11.8 Å². The van der Waals surface area contributed by atoms with Gasteiger partial charge in [-0.05, 0) is 53.9 Å². The maximum atomic E-state index is 13.6. The quantitative estimate of drug-likeness (QED) is 0.0975. The summed E-state index contributed by atoms with van der Waals surface area (Å²) in [5.41, 5.74) is 2.25. The molecule has 45 heavy (non-hydrogen) atoms. The van der Waals surface area contributed by atoms with Crippen LogP contribution < -0.4 is 25.4 Å². The van der Waals surface area contributed by atoms with Crippen LogP contribution in [0.5, 0.6) is 11.5 Å². The molecule has 0 bridgehead atoms. The predicted molar refractivity (Wildman–Crippen MR) is 181 cm³/mol. The van der Waals surface area contributed by atoms with E-state index in [0.29, 0.717) is 33.4 Å². The minimum Gasteiger partial charge on any atom is -0.493 e. The van der Waals surface area contributed by atoms with Crippen LogP contribution >= 0.6 is 34.4 Å². The number of anilines is 2. The number of methoxy groups -OCH3 is 2. The number of ether oxygens (including phenoxy) is 2. The van der Waals surface area contributed by atoms with Gasteiger partial charge in [-0.3, -0.25) is 14.4 Å². The molecule has 3 N–H and O–H groups in total. The maximum absolute atomic E-state index is 13.6. The number of hydrogen-bond acceptors (Lipinski definition) is 9. The summed E-state index contributed by atoms with van der Waals surface area (Å²) < 4.78 is 10.9. The van der Waals surface area contributed by atoms with Crippen LogP contribution in [0.4, 0.5) is 10.8 Å². The molecule has 5 aromatic rings. The molecule has 0 saturated carbocycles. The summed E-state index contributed by atoms with van der Waals surface area (Å²) >= 11 is 4.29. The molecule has 0 aliphatic heterocycles. The van der Waals surface area contributed by atoms with Crippen LogP contribution in [0.15, 0.2) is 106 Å². The zero-order valence-corrected chi connectivity index (χ0v) is 26.7. The maximum Gasteiger partial charge on any atom is 0.272 e. The molecule has 0 atom stereocenters. The number of hydrogen-bond donors (Lipinski definition) is 3. The third kappa shape index (κ3) is 8.38. The molecule has 3 aromatic carbocycles. The molecular formula is C33H28N4O5S3. The lowest BCUT2D eigenvalue weighted by Crippen LogP contribution is -2.30. The molecule has 12 heteroatoms. The van der Waals surface area contributed by atoms with E-state index in [1.807, 2.05) is 29.0 Å². The molecule has 2 aromatic heterocycles. The number of nitrogens with zero attached hydrogens (tertiary/aromatic N) is 1. The standard InChI is InChI=1S/C33H28N4O5S3/c1-41-27-14-6-11-22(30(27)42-2)17-25(35-31(39)21-9-4-3-5-10-21)32(40)34-23-12-7-13-24(18-23)44-20-29(38)37-33-36-26(19-45-33)28-15-8-16-43-28/h3-19H,20H2,1-2H3,(H,34,40)(H,35,39)(H,36,37,38)/b25-17+. The average Bonchev–Trinajstić information content (AvgIpc) is 3.77. The second-order valence-electron chi connectivity index (χ2n) is 9.29. The van der Waals surface area contributed by atoms with Gasteiger partial charge in [0.05, 0.1) is 30.5 Å². The van der Waals surface area contributed by atoms with Crippen molar-refractivity contribution in [3.63, 3.8) is 0 Å². The molecule has 0 aliphatic carbocycles. The number of nitrogens with one attached hydrogen (secondary N) is 3. The van der Waals surface area contributed by atoms with E-state index in [1.54, 1.807) is 78.1 Å². The number of para-hydroxylation sites is 1. The van der Waals surface area contributed by atoms with Crippen molar-refractivity contribution in [3.8, 4) is 22.1 Å². The topological polar surface area (TPSA) is 119 Å². The van der Waals surface area contributed by atoms with Gasteiger partial charge in [0.1, 0.15) is 5.70 Å². The summed E-state index contributed by atoms with van der Waals surface area (Å²) in [6, 6.07) is 24.9. The number of thiophene rings is 1. The summed E-state index contributed by atoms with van der Waals surface area (Å²) in [5.74, 6) is -0.142. The fourth-order valence-electron chi connectivity index (χ4n) is 4.16. The number of carbonyl (C=O) groups excluding carboxylic acids is 3. The van der Waals surface area contributed by atoms with Crippen LogP contribution in [0.2, 0.25) is 0 Å². The van der Waals surface area contributed by atoms with E-state index in [-0.39, 0.29) is 17.4 Å². The van der Waals surface area contributed by atoms with Gasteiger partial charge in [0.25, 0.3) is 11.8 Å². The Morgan fingerprint density at radius 3 is 2.47 bits per heavy atom. The summed E-state index contributed by atoms with van der Waals surface area (Å²) in [4.78, 5) is 45.5. The van der Waals surface area contributed by atoms with Gasteiger partial charge in [0.2, 0.25) is 5.91 Å². The van der Waals surface area contributed by atoms with E-state index in [9.17, 15) is 14.4 Å². The molecule has 0 unspecified atom stereocenters. The Bertz CT molecular complexity index is 1820. The van der Waals surface area contributed by atoms with Crippen LogP contribution in [0.1, 0.15) is 15.9 Å². The van der Waals surface area contributed by atoms with Gasteiger partial charge < -0.3 is 25.4 Å². The predicted octanol–water partition coefficient (Wildman–Crippen LogP) is 7.03. The van der Waals surface area contributed by atoms with Crippen LogP contribution in [-0.2, 0) is 9.59 Å². The summed E-state index contributed by atoms with van der Waals surface area (Å²) in [6.07, 6.45) is 1.53. The molecule has 2 heterocycles. The fraction of sp³-hybridized carbons (Fsp3) is 0.0909. The highest BCUT2D eigenvalue weighted by molar-refractivity contribution is 8.00. The van der Waals surface area contributed by atoms with Crippen molar-refractivity contribution in [2.75, 3.05) is 30.6 Å². The second kappa shape index (κ2) is 15.2. The monoisotopic (exact) mass is 656 g/mol. The molecule has 3 amide bonds. The third-order valence-corrected chi connectivity index (χ3v) is 8.89. The molecule has 0 spiro atoms. The lowest BCUT2D eigenvalue weighted by Gasteiger charge is -2.14. The SMILES string of the molecule is COc1cccc(/C=C(/NC(=O)c2ccccc2)C(=O)Nc2cccc(SCC(=O)Nc3nc(-c4cccs4)cs3)c2)c1OC. The van der Waals surface area contributed by atoms with Crippen LogP contribution in [0.3, 0.4) is 0 Å². The van der Waals surface area contributed by atoms with Gasteiger partial charge in [-0.15, -0.1) is 34.4 Å². The van der Waals surface area contributed by atoms with Gasteiger partial charge in [-0.2, -0.15) is 0 Å². The van der Waals surface area contributed by atoms with Crippen LogP contribution in [-0.4, -0.2) is 42.7 Å². The lowest BCUT2D eigenvalue weighted by molar-refractivity contribution is -0.114. The molecule has 0 fully saturated rings. The fourth-order valence-corrected chi connectivity index (χ4v) is 6.40. The number of amides is 3. The number of benzene rings is 3. The molecule has 5 rings (SSSR count). The Labute approximate surface area is 272 Å². The Balaban J connectivity index is 1.28. The third-order valence-electron chi connectivity index (χ3n) is 6.25. The number of thioether (sulfide) groups is 1. The number of rotatable bonds is 12. The highest BCUT2D eigenvalue weighted by atomic mass is 32.2. The Morgan fingerprint density at radius 1 is 0.889 bits per heavy atom. The minimum atomic E-state index is -0.547. The minimum absolute atomic E-state index is 0.00166. The normalized spacial score (nSPS) is 11.0. The molecular weight excluding hydrogens is 629 g/mol. The van der Waals surface area contributed by atoms with Crippen molar-refractivity contribution >= 4 is 69.1 Å². The van der Waals surface area contributed by atoms with Crippen molar-refractivity contribution in [1.29, 1.82) is 0 Å². The number of thiazole rings is 1. The van der Waals surface area contributed by atoms with Gasteiger partial charge in [-0.25, -0.2) is 4.98 Å². The first-order valence-electron chi connectivity index (χ1n) is 13.6. The molecule has 0 saturated heterocycles. The highest BCUT2D eigenvalue weighted by Crippen LogP contribution is 2.32. The number of aromatic nitrogens is 1. The van der Waals surface area contributed by atoms with Gasteiger partial charge in [0, 0.05) is 27.1 Å². The van der Waals surface area contributed by atoms with E-state index in [4.69, 9.17) is 9.47 Å². The van der Waals surface area contributed by atoms with Crippen LogP contribution in [0.25, 0.3) is 16.6 Å². The molecule has 9 nitrogen and oxygen atoms in total. The first-order valence-corrected chi connectivity index (χ1v) is 16.3. The van der Waals surface area contributed by atoms with E-state index in [2.05, 4.69) is 20.9 Å². The van der Waals surface area contributed by atoms with Gasteiger partial charge in [-0.1, -0.05) is 42.5 Å². The van der Waals surface area contributed by atoms with Crippen LogP contribution in [0, 0.1) is 0 Å². The average molecular weight is 657 g/mol. The van der Waals surface area contributed by atoms with Crippen molar-refractivity contribution in [2.24, 2.45) is 0 Å². The second-order valence-corrected chi connectivity index (χ2v) is 12.1. The molecule has 0 aliphatic rings. The highest BCUT2D eigenvalue weighted by Gasteiger charge is 2.18. The first kappa shape index (κ1) is 31.5. The van der Waals surface area contributed by atoms with Crippen molar-refractivity contribution in [3.05, 3.63) is 113 Å². The van der Waals surface area contributed by atoms with Crippen molar-refractivity contribution in [2.45, 2.75) is 4.90 Å². The molecule has 0 radical (unpaired) electrons. The largest absolute Gasteiger partial charge is 0.493 e. The van der Waals surface area contributed by atoms with Gasteiger partial charge >= 0.3 is 0 Å². The zero-order valence-electron chi connectivity index (χ0n) is 24.2. The smallest absolute Gasteiger partial charge is 0.272 e. The molecule has 228 valence electrons. The summed E-state index contributed by atoms with van der Waals surface area (Å²) in [7, 11) is 3.02. The van der Waals surface area contributed by atoms with E-state index in [1.165, 1.54) is 43.4 Å². The lowest BCUT2D eigenvalue weighted by atomic mass is 10.1.